The fourth-order valence-corrected chi connectivity index (χ4v) is 5.78. The van der Waals surface area contributed by atoms with Crippen molar-refractivity contribution in [1.29, 1.82) is 0 Å². The highest BCUT2D eigenvalue weighted by Crippen LogP contribution is 2.45. The van der Waals surface area contributed by atoms with Crippen LogP contribution in [-0.4, -0.2) is 61.8 Å². The molecule has 0 saturated carbocycles. The van der Waals surface area contributed by atoms with E-state index in [-0.39, 0.29) is 49.3 Å². The van der Waals surface area contributed by atoms with Crippen molar-refractivity contribution < 1.29 is 38.1 Å². The van der Waals surface area contributed by atoms with Gasteiger partial charge >= 0.3 is 11.9 Å². The van der Waals surface area contributed by atoms with E-state index in [0.717, 1.165) is 5.56 Å². The zero-order valence-electron chi connectivity index (χ0n) is 27.8. The number of esters is 2. The van der Waals surface area contributed by atoms with E-state index in [9.17, 15) is 19.2 Å². The van der Waals surface area contributed by atoms with Crippen LogP contribution in [0.2, 0.25) is 5.02 Å². The number of halogens is 1. The summed E-state index contributed by atoms with van der Waals surface area (Å²) in [4.78, 5) is 53.3. The molecule has 2 aliphatic rings. The van der Waals surface area contributed by atoms with Crippen LogP contribution in [0.5, 0.6) is 5.75 Å². The summed E-state index contributed by atoms with van der Waals surface area (Å²) in [5, 5.41) is 5.87. The maximum Gasteiger partial charge on any atom is 0.347 e. The Labute approximate surface area is 281 Å². The maximum absolute atomic E-state index is 13.6. The van der Waals surface area contributed by atoms with Crippen LogP contribution in [0.25, 0.3) is 0 Å². The number of carbonyl (C=O) groups is 4. The lowest BCUT2D eigenvalue weighted by Gasteiger charge is -2.29. The average molecular weight is 669 g/mol. The summed E-state index contributed by atoms with van der Waals surface area (Å²) in [5.41, 5.74) is 1.36. The first-order valence-electron chi connectivity index (χ1n) is 15.9. The van der Waals surface area contributed by atoms with Gasteiger partial charge in [0.1, 0.15) is 24.0 Å². The van der Waals surface area contributed by atoms with Crippen molar-refractivity contribution in [2.24, 2.45) is 17.3 Å². The Morgan fingerprint density at radius 1 is 1.02 bits per heavy atom. The van der Waals surface area contributed by atoms with E-state index in [4.69, 9.17) is 30.5 Å². The minimum atomic E-state index is -1.16. The van der Waals surface area contributed by atoms with E-state index in [1.807, 2.05) is 58.0 Å². The molecule has 2 aromatic rings. The maximum atomic E-state index is 13.6. The number of cyclic esters (lactones) is 2. The highest BCUT2D eigenvalue weighted by atomic mass is 35.5. The third-order valence-corrected chi connectivity index (χ3v) is 8.55. The second kappa shape index (κ2) is 15.8. The molecular weight excluding hydrogens is 624 g/mol. The van der Waals surface area contributed by atoms with Gasteiger partial charge in [-0.1, -0.05) is 88.7 Å². The molecule has 0 aromatic heterocycles. The van der Waals surface area contributed by atoms with Gasteiger partial charge in [0.05, 0.1) is 24.2 Å². The van der Waals surface area contributed by atoms with Crippen LogP contribution in [-0.2, 0) is 39.8 Å². The van der Waals surface area contributed by atoms with E-state index in [0.29, 0.717) is 16.3 Å². The molecule has 0 radical (unpaired) electrons. The Bertz CT molecular complexity index is 1460. The Kier molecular flexibility index (Phi) is 12.1. The Morgan fingerprint density at radius 3 is 2.40 bits per heavy atom. The molecule has 254 valence electrons. The van der Waals surface area contributed by atoms with Gasteiger partial charge in [0.25, 0.3) is 0 Å². The Hall–Kier alpha value is -3.89. The highest BCUT2D eigenvalue weighted by Gasteiger charge is 2.47. The highest BCUT2D eigenvalue weighted by molar-refractivity contribution is 6.32. The first kappa shape index (κ1) is 36.0. The molecule has 2 heterocycles. The number of carbonyl (C=O) groups excluding carboxylic acids is 4. The molecule has 2 aromatic carbocycles. The summed E-state index contributed by atoms with van der Waals surface area (Å²) < 4.78 is 23.0. The van der Waals surface area contributed by atoms with Gasteiger partial charge in [-0.3, -0.25) is 14.4 Å². The lowest BCUT2D eigenvalue weighted by molar-refractivity contribution is -0.177. The standard InChI is InChI=1S/C36H45ClN2O8/c1-21-20-38-33(41)26(18-23-15-16-28(44-6)25(37)17-23)39-30(40)14-10-13-27(22(2)31-32(47-31)24-11-8-7-9-12-24)45-35(43)29(46-34(21)42)19-36(3,4)5/h7-12,14-17,21-22,26-27,29,31-32H,13,18-20H2,1-6H3,(H,38,41)(H,39,40)/b14-10+/t21-,22+,26?,27+,29+,31-,32-/m1/s1. The molecule has 0 bridgehead atoms. The molecule has 10 nitrogen and oxygen atoms in total. The summed E-state index contributed by atoms with van der Waals surface area (Å²) in [6.07, 6.45) is 1.31. The van der Waals surface area contributed by atoms with Crippen LogP contribution in [0.3, 0.4) is 0 Å². The van der Waals surface area contributed by atoms with Crippen molar-refractivity contribution in [3.63, 3.8) is 0 Å². The largest absolute Gasteiger partial charge is 0.495 e. The molecule has 1 fully saturated rings. The molecule has 0 aliphatic carbocycles. The molecule has 4 rings (SSSR count). The third-order valence-electron chi connectivity index (χ3n) is 8.26. The van der Waals surface area contributed by atoms with Gasteiger partial charge in [0.2, 0.25) is 11.8 Å². The van der Waals surface area contributed by atoms with Gasteiger partial charge < -0.3 is 29.6 Å². The van der Waals surface area contributed by atoms with Crippen LogP contribution in [0.15, 0.2) is 60.7 Å². The molecule has 0 spiro atoms. The van der Waals surface area contributed by atoms with Crippen LogP contribution in [0.4, 0.5) is 0 Å². The van der Waals surface area contributed by atoms with Crippen molar-refractivity contribution in [3.8, 4) is 5.75 Å². The SMILES string of the molecule is COc1ccc(CC2NC(=O)/C=C/C[C@@H]([C@H](C)[C@H]3O[C@@H]3c3ccccc3)OC(=O)[C@H](CC(C)(C)C)OC(=O)[C@H](C)CNC2=O)cc1Cl. The van der Waals surface area contributed by atoms with Crippen molar-refractivity contribution in [1.82, 2.24) is 10.6 Å². The fourth-order valence-electron chi connectivity index (χ4n) is 5.50. The van der Waals surface area contributed by atoms with E-state index in [2.05, 4.69) is 10.6 Å². The summed E-state index contributed by atoms with van der Waals surface area (Å²) >= 11 is 6.31. The van der Waals surface area contributed by atoms with E-state index >= 15 is 0 Å². The molecule has 2 amide bonds. The first-order valence-corrected chi connectivity index (χ1v) is 16.3. The molecule has 1 unspecified atom stereocenters. The van der Waals surface area contributed by atoms with Crippen molar-refractivity contribution >= 4 is 35.4 Å². The molecule has 1 saturated heterocycles. The lowest BCUT2D eigenvalue weighted by atomic mass is 9.89. The predicted octanol–water partition coefficient (Wildman–Crippen LogP) is 5.12. The van der Waals surface area contributed by atoms with Crippen LogP contribution in [0, 0.1) is 17.3 Å². The second-order valence-electron chi connectivity index (χ2n) is 13.5. The lowest BCUT2D eigenvalue weighted by Crippen LogP contribution is -2.49. The number of hydrogen-bond donors (Lipinski definition) is 2. The van der Waals surface area contributed by atoms with Gasteiger partial charge in [0.15, 0.2) is 6.10 Å². The van der Waals surface area contributed by atoms with Crippen LogP contribution >= 0.6 is 11.6 Å². The number of ether oxygens (including phenoxy) is 4. The van der Waals surface area contributed by atoms with Crippen molar-refractivity contribution in [3.05, 3.63) is 76.8 Å². The van der Waals surface area contributed by atoms with Gasteiger partial charge in [-0.2, -0.15) is 0 Å². The van der Waals surface area contributed by atoms with Gasteiger partial charge in [-0.15, -0.1) is 0 Å². The molecule has 2 aliphatic heterocycles. The quantitative estimate of drug-likeness (QED) is 0.307. The number of rotatable bonds is 7. The van der Waals surface area contributed by atoms with Crippen molar-refractivity contribution in [2.75, 3.05) is 13.7 Å². The summed E-state index contributed by atoms with van der Waals surface area (Å²) in [6, 6.07) is 13.9. The normalized spacial score (nSPS) is 27.5. The minimum absolute atomic E-state index is 0.0694. The molecule has 47 heavy (non-hydrogen) atoms. The second-order valence-corrected chi connectivity index (χ2v) is 13.9. The number of epoxide rings is 1. The molecule has 2 N–H and O–H groups in total. The minimum Gasteiger partial charge on any atom is -0.495 e. The monoisotopic (exact) mass is 668 g/mol. The van der Waals surface area contributed by atoms with Gasteiger partial charge in [-0.25, -0.2) is 4.79 Å². The van der Waals surface area contributed by atoms with Crippen LogP contribution in [0.1, 0.15) is 64.7 Å². The number of benzene rings is 2. The smallest absolute Gasteiger partial charge is 0.347 e. The van der Waals surface area contributed by atoms with E-state index < -0.39 is 47.9 Å². The number of hydrogen-bond acceptors (Lipinski definition) is 8. The fraction of sp³-hybridized carbons (Fsp3) is 0.500. The average Bonchev–Trinajstić information content (AvgIpc) is 3.82. The molecular formula is C36H45ClN2O8. The van der Waals surface area contributed by atoms with Crippen LogP contribution < -0.4 is 15.4 Å². The Balaban J connectivity index is 1.59. The first-order chi connectivity index (χ1) is 22.3. The zero-order valence-corrected chi connectivity index (χ0v) is 28.5. The van der Waals surface area contributed by atoms with E-state index in [1.54, 1.807) is 31.2 Å². The molecule has 11 heteroatoms. The van der Waals surface area contributed by atoms with Gasteiger partial charge in [0, 0.05) is 31.7 Å². The van der Waals surface area contributed by atoms with E-state index in [1.165, 1.54) is 13.2 Å². The predicted molar refractivity (Wildman–Crippen MR) is 177 cm³/mol. The zero-order chi connectivity index (χ0) is 34.3. The summed E-state index contributed by atoms with van der Waals surface area (Å²) in [7, 11) is 1.51. The summed E-state index contributed by atoms with van der Waals surface area (Å²) in [6.45, 7) is 9.29. The van der Waals surface area contributed by atoms with Crippen molar-refractivity contribution in [2.45, 2.75) is 84.3 Å². The number of amides is 2. The Morgan fingerprint density at radius 2 is 1.74 bits per heavy atom. The topological polar surface area (TPSA) is 133 Å². The number of nitrogens with one attached hydrogen (secondary N) is 2. The summed E-state index contributed by atoms with van der Waals surface area (Å²) in [5.74, 6) is -2.85. The number of methoxy groups -OCH3 is 1. The van der Waals surface area contributed by atoms with Gasteiger partial charge in [-0.05, 0) is 34.8 Å². The third kappa shape index (κ3) is 10.3. The molecule has 7 atom stereocenters.